The molecule has 1 N–H and O–H groups in total. The number of amides is 1. The summed E-state index contributed by atoms with van der Waals surface area (Å²) in [5.41, 5.74) is -0.388. The average molecular weight is 405 g/mol. The monoisotopic (exact) mass is 405 g/mol. The molecule has 0 saturated carbocycles. The molecule has 154 valence electrons. The standard InChI is InChI=1S/C21H21F2NO5/c1-21(2,3)29-20(27)24-10-16(11-24)28-15-7-12(6-13(8-15)19(25)26)17-5-4-14(22)9-18(17)23/h4-9,16H,10-11H2,1-3H3,(H,25,26). The Morgan fingerprint density at radius 1 is 1.10 bits per heavy atom. The van der Waals surface area contributed by atoms with Gasteiger partial charge in [-0.1, -0.05) is 0 Å². The minimum absolute atomic E-state index is 0.0586. The van der Waals surface area contributed by atoms with E-state index in [2.05, 4.69) is 0 Å². The number of hydrogen-bond donors (Lipinski definition) is 1. The van der Waals surface area contributed by atoms with Gasteiger partial charge in [-0.25, -0.2) is 18.4 Å². The quantitative estimate of drug-likeness (QED) is 0.820. The fourth-order valence-corrected chi connectivity index (χ4v) is 2.85. The fourth-order valence-electron chi connectivity index (χ4n) is 2.85. The Morgan fingerprint density at radius 2 is 1.79 bits per heavy atom. The summed E-state index contributed by atoms with van der Waals surface area (Å²) in [6.07, 6.45) is -0.803. The normalized spacial score (nSPS) is 14.3. The van der Waals surface area contributed by atoms with Crippen LogP contribution in [0, 0.1) is 11.6 Å². The zero-order chi connectivity index (χ0) is 21.3. The fraction of sp³-hybridized carbons (Fsp3) is 0.333. The van der Waals surface area contributed by atoms with Crippen LogP contribution in [0.15, 0.2) is 36.4 Å². The van der Waals surface area contributed by atoms with Crippen LogP contribution in [0.4, 0.5) is 13.6 Å². The van der Waals surface area contributed by atoms with E-state index in [0.717, 1.165) is 12.1 Å². The molecule has 1 amide bonds. The van der Waals surface area contributed by atoms with Crippen LogP contribution in [0.25, 0.3) is 11.1 Å². The molecule has 1 heterocycles. The Labute approximate surface area is 166 Å². The molecule has 0 bridgehead atoms. The second-order valence-corrected chi connectivity index (χ2v) is 7.80. The third-order valence-electron chi connectivity index (χ3n) is 4.20. The third-order valence-corrected chi connectivity index (χ3v) is 4.20. The lowest BCUT2D eigenvalue weighted by Gasteiger charge is -2.39. The lowest BCUT2D eigenvalue weighted by Crippen LogP contribution is -2.57. The van der Waals surface area contributed by atoms with Gasteiger partial charge in [0, 0.05) is 11.6 Å². The van der Waals surface area contributed by atoms with E-state index in [1.54, 1.807) is 20.8 Å². The molecule has 1 saturated heterocycles. The predicted molar refractivity (Wildman–Crippen MR) is 101 cm³/mol. The van der Waals surface area contributed by atoms with E-state index in [0.29, 0.717) is 0 Å². The van der Waals surface area contributed by atoms with Crippen molar-refractivity contribution in [3.8, 4) is 16.9 Å². The van der Waals surface area contributed by atoms with E-state index in [-0.39, 0.29) is 41.6 Å². The first-order valence-corrected chi connectivity index (χ1v) is 9.00. The maximum atomic E-state index is 14.1. The van der Waals surface area contributed by atoms with Crippen LogP contribution in [-0.4, -0.2) is 46.9 Å². The number of carboxylic acid groups (broad SMARTS) is 1. The predicted octanol–water partition coefficient (Wildman–Crippen LogP) is 4.33. The molecule has 0 unspecified atom stereocenters. The van der Waals surface area contributed by atoms with Crippen molar-refractivity contribution in [2.45, 2.75) is 32.5 Å². The van der Waals surface area contributed by atoms with Crippen molar-refractivity contribution < 1.29 is 33.0 Å². The molecular formula is C21H21F2NO5. The maximum absolute atomic E-state index is 14.1. The summed E-state index contributed by atoms with van der Waals surface area (Å²) in [4.78, 5) is 24.9. The summed E-state index contributed by atoms with van der Waals surface area (Å²) in [5.74, 6) is -2.52. The van der Waals surface area contributed by atoms with Crippen LogP contribution in [-0.2, 0) is 4.74 Å². The first-order valence-electron chi connectivity index (χ1n) is 9.00. The highest BCUT2D eigenvalue weighted by molar-refractivity contribution is 5.90. The highest BCUT2D eigenvalue weighted by atomic mass is 19.1. The lowest BCUT2D eigenvalue weighted by atomic mass is 10.0. The van der Waals surface area contributed by atoms with Crippen LogP contribution in [0.2, 0.25) is 0 Å². The van der Waals surface area contributed by atoms with E-state index in [9.17, 15) is 23.5 Å². The molecular weight excluding hydrogens is 384 g/mol. The van der Waals surface area contributed by atoms with Crippen molar-refractivity contribution in [1.29, 1.82) is 0 Å². The third kappa shape index (κ3) is 5.01. The van der Waals surface area contributed by atoms with Gasteiger partial charge >= 0.3 is 12.1 Å². The summed E-state index contributed by atoms with van der Waals surface area (Å²) in [6, 6.07) is 7.16. The second-order valence-electron chi connectivity index (χ2n) is 7.80. The highest BCUT2D eigenvalue weighted by Gasteiger charge is 2.35. The number of hydrogen-bond acceptors (Lipinski definition) is 4. The van der Waals surface area contributed by atoms with Gasteiger partial charge in [0.2, 0.25) is 0 Å². The molecule has 8 heteroatoms. The van der Waals surface area contributed by atoms with Gasteiger partial charge in [0.15, 0.2) is 0 Å². The highest BCUT2D eigenvalue weighted by Crippen LogP contribution is 2.30. The molecule has 1 fully saturated rings. The topological polar surface area (TPSA) is 76.1 Å². The zero-order valence-corrected chi connectivity index (χ0v) is 16.2. The Bertz CT molecular complexity index is 949. The Kier molecular flexibility index (Phi) is 5.46. The molecule has 2 aromatic rings. The van der Waals surface area contributed by atoms with Crippen LogP contribution in [0.3, 0.4) is 0 Å². The zero-order valence-electron chi connectivity index (χ0n) is 16.2. The van der Waals surface area contributed by atoms with E-state index in [1.165, 1.54) is 29.2 Å². The molecule has 0 aromatic heterocycles. The molecule has 2 aromatic carbocycles. The van der Waals surface area contributed by atoms with Crippen LogP contribution in [0.1, 0.15) is 31.1 Å². The molecule has 3 rings (SSSR count). The number of benzene rings is 2. The lowest BCUT2D eigenvalue weighted by molar-refractivity contribution is -0.0221. The van der Waals surface area contributed by atoms with E-state index in [4.69, 9.17) is 9.47 Å². The molecule has 0 spiro atoms. The number of rotatable bonds is 4. The van der Waals surface area contributed by atoms with Crippen LogP contribution in [0.5, 0.6) is 5.75 Å². The molecule has 0 aliphatic carbocycles. The summed E-state index contributed by atoms with van der Waals surface area (Å²) in [6.45, 7) is 5.88. The van der Waals surface area contributed by atoms with Crippen molar-refractivity contribution in [2.24, 2.45) is 0 Å². The number of carbonyl (C=O) groups is 2. The molecule has 29 heavy (non-hydrogen) atoms. The average Bonchev–Trinajstić information content (AvgIpc) is 2.55. The Morgan fingerprint density at radius 3 is 2.38 bits per heavy atom. The number of likely N-dealkylation sites (tertiary alicyclic amines) is 1. The Hall–Kier alpha value is -3.16. The van der Waals surface area contributed by atoms with Gasteiger partial charge < -0.3 is 19.5 Å². The summed E-state index contributed by atoms with van der Waals surface area (Å²) >= 11 is 0. The minimum Gasteiger partial charge on any atom is -0.487 e. The van der Waals surface area contributed by atoms with Gasteiger partial charge in [0.1, 0.15) is 29.1 Å². The van der Waals surface area contributed by atoms with Gasteiger partial charge in [-0.2, -0.15) is 0 Å². The first kappa shape index (κ1) is 20.6. The van der Waals surface area contributed by atoms with E-state index < -0.39 is 29.3 Å². The summed E-state index contributed by atoms with van der Waals surface area (Å²) < 4.78 is 38.3. The SMILES string of the molecule is CC(C)(C)OC(=O)N1CC(Oc2cc(C(=O)O)cc(-c3ccc(F)cc3F)c2)C1. The van der Waals surface area contributed by atoms with Crippen molar-refractivity contribution >= 4 is 12.1 Å². The minimum atomic E-state index is -1.21. The van der Waals surface area contributed by atoms with Crippen molar-refractivity contribution in [1.82, 2.24) is 4.90 Å². The maximum Gasteiger partial charge on any atom is 0.410 e. The molecule has 0 atom stereocenters. The number of nitrogens with zero attached hydrogens (tertiary/aromatic N) is 1. The first-order chi connectivity index (χ1) is 13.5. The molecule has 0 radical (unpaired) electrons. The van der Waals surface area contributed by atoms with E-state index >= 15 is 0 Å². The van der Waals surface area contributed by atoms with E-state index in [1.807, 2.05) is 0 Å². The van der Waals surface area contributed by atoms with Crippen LogP contribution >= 0.6 is 0 Å². The Balaban J connectivity index is 1.76. The smallest absolute Gasteiger partial charge is 0.410 e. The largest absolute Gasteiger partial charge is 0.487 e. The van der Waals surface area contributed by atoms with Crippen molar-refractivity contribution in [3.63, 3.8) is 0 Å². The van der Waals surface area contributed by atoms with Gasteiger partial charge in [-0.05, 0) is 56.7 Å². The van der Waals surface area contributed by atoms with Gasteiger partial charge in [0.05, 0.1) is 18.7 Å². The number of aromatic carboxylic acids is 1. The number of halogens is 2. The van der Waals surface area contributed by atoms with Crippen molar-refractivity contribution in [2.75, 3.05) is 13.1 Å². The molecule has 6 nitrogen and oxygen atoms in total. The number of carbonyl (C=O) groups excluding carboxylic acids is 1. The van der Waals surface area contributed by atoms with Gasteiger partial charge in [0.25, 0.3) is 0 Å². The summed E-state index contributed by atoms with van der Waals surface area (Å²) in [5, 5.41) is 9.34. The van der Waals surface area contributed by atoms with Gasteiger partial charge in [-0.3, -0.25) is 0 Å². The van der Waals surface area contributed by atoms with Crippen LogP contribution < -0.4 is 4.74 Å². The van der Waals surface area contributed by atoms with Crippen molar-refractivity contribution in [3.05, 3.63) is 53.6 Å². The molecule has 1 aliphatic heterocycles. The number of carboxylic acids is 1. The summed E-state index contributed by atoms with van der Waals surface area (Å²) in [7, 11) is 0. The second kappa shape index (κ2) is 7.69. The van der Waals surface area contributed by atoms with Gasteiger partial charge in [-0.15, -0.1) is 0 Å². The molecule has 1 aliphatic rings. The number of ether oxygens (including phenoxy) is 2.